The van der Waals surface area contributed by atoms with Gasteiger partial charge in [-0.2, -0.15) is 8.75 Å². The second-order valence-corrected chi connectivity index (χ2v) is 6.56. The Balaban J connectivity index is 1.71. The highest BCUT2D eigenvalue weighted by Gasteiger charge is 2.11. The predicted octanol–water partition coefficient (Wildman–Crippen LogP) is 4.98. The van der Waals surface area contributed by atoms with Gasteiger partial charge in [0.05, 0.1) is 28.1 Å². The van der Waals surface area contributed by atoms with Crippen LogP contribution < -0.4 is 10.1 Å². The van der Waals surface area contributed by atoms with Gasteiger partial charge in [0.2, 0.25) is 0 Å². The first-order valence-electron chi connectivity index (χ1n) is 7.30. The van der Waals surface area contributed by atoms with E-state index in [1.807, 2.05) is 6.92 Å². The van der Waals surface area contributed by atoms with Gasteiger partial charge in [-0.05, 0) is 43.3 Å². The van der Waals surface area contributed by atoms with Gasteiger partial charge in [-0.25, -0.2) is 0 Å². The molecule has 0 radical (unpaired) electrons. The highest BCUT2D eigenvalue weighted by atomic mass is 35.5. The Bertz CT molecular complexity index is 914. The van der Waals surface area contributed by atoms with E-state index in [-0.39, 0.29) is 5.91 Å². The molecule has 0 aliphatic heterocycles. The Kier molecular flexibility index (Phi) is 5.53. The number of hydrogen-bond acceptors (Lipinski definition) is 5. The minimum Gasteiger partial charge on any atom is -0.487 e. The molecule has 0 bridgehead atoms. The van der Waals surface area contributed by atoms with Gasteiger partial charge in [0.15, 0.2) is 0 Å². The van der Waals surface area contributed by atoms with Crippen molar-refractivity contribution in [3.8, 4) is 5.75 Å². The number of amides is 1. The third-order valence-corrected chi connectivity index (χ3v) is 4.62. The van der Waals surface area contributed by atoms with Crippen LogP contribution in [0.3, 0.4) is 0 Å². The Morgan fingerprint density at radius 2 is 2.04 bits per heavy atom. The number of aryl methyl sites for hydroxylation is 1. The fourth-order valence-corrected chi connectivity index (χ4v) is 2.94. The molecule has 0 aliphatic carbocycles. The molecule has 1 heterocycles. The molecule has 3 aromatic rings. The van der Waals surface area contributed by atoms with Gasteiger partial charge in [0.25, 0.3) is 5.91 Å². The van der Waals surface area contributed by atoms with E-state index in [0.717, 1.165) is 23.1 Å². The van der Waals surface area contributed by atoms with Crippen LogP contribution in [0.25, 0.3) is 0 Å². The molecule has 1 N–H and O–H groups in total. The van der Waals surface area contributed by atoms with Crippen molar-refractivity contribution >= 4 is 46.5 Å². The lowest BCUT2D eigenvalue weighted by Gasteiger charge is -2.09. The van der Waals surface area contributed by atoms with Crippen molar-refractivity contribution < 1.29 is 9.53 Å². The SMILES string of the molecule is Cc1nsnc1COc1cccc(C(=O)Nc2cc(Cl)ccc2Cl)c1. The van der Waals surface area contributed by atoms with Crippen LogP contribution in [-0.4, -0.2) is 14.7 Å². The zero-order chi connectivity index (χ0) is 17.8. The normalized spacial score (nSPS) is 10.5. The van der Waals surface area contributed by atoms with Crippen LogP contribution in [0.2, 0.25) is 10.0 Å². The third kappa shape index (κ3) is 4.48. The van der Waals surface area contributed by atoms with Crippen molar-refractivity contribution in [1.82, 2.24) is 8.75 Å². The van der Waals surface area contributed by atoms with E-state index in [9.17, 15) is 4.79 Å². The summed E-state index contributed by atoms with van der Waals surface area (Å²) >= 11 is 13.2. The minimum absolute atomic E-state index is 0.299. The van der Waals surface area contributed by atoms with Crippen molar-refractivity contribution in [1.29, 1.82) is 0 Å². The Morgan fingerprint density at radius 1 is 1.20 bits per heavy atom. The summed E-state index contributed by atoms with van der Waals surface area (Å²) in [6, 6.07) is 11.8. The highest BCUT2D eigenvalue weighted by molar-refractivity contribution is 6.99. The molecule has 2 aromatic carbocycles. The number of benzene rings is 2. The predicted molar refractivity (Wildman–Crippen MR) is 99.8 cm³/mol. The molecule has 8 heteroatoms. The molecule has 1 amide bonds. The first kappa shape index (κ1) is 17.7. The van der Waals surface area contributed by atoms with E-state index in [2.05, 4.69) is 14.1 Å². The summed E-state index contributed by atoms with van der Waals surface area (Å²) in [4.78, 5) is 12.4. The largest absolute Gasteiger partial charge is 0.487 e. The quantitative estimate of drug-likeness (QED) is 0.663. The standard InChI is InChI=1S/C17H13Cl2N3O2S/c1-10-16(22-25-21-10)9-24-13-4-2-3-11(7-13)17(23)20-15-8-12(18)5-6-14(15)19/h2-8H,9H2,1H3,(H,20,23). The van der Waals surface area contributed by atoms with Crippen LogP contribution in [0.15, 0.2) is 42.5 Å². The first-order chi connectivity index (χ1) is 12.0. The lowest BCUT2D eigenvalue weighted by atomic mass is 10.2. The van der Waals surface area contributed by atoms with E-state index in [1.165, 1.54) is 0 Å². The van der Waals surface area contributed by atoms with Crippen LogP contribution in [-0.2, 0) is 6.61 Å². The topological polar surface area (TPSA) is 64.1 Å². The maximum absolute atomic E-state index is 12.4. The molecule has 3 rings (SSSR count). The van der Waals surface area contributed by atoms with Gasteiger partial charge in [-0.15, -0.1) is 0 Å². The van der Waals surface area contributed by atoms with E-state index >= 15 is 0 Å². The fourth-order valence-electron chi connectivity index (χ4n) is 2.05. The molecule has 0 saturated carbocycles. The molecule has 25 heavy (non-hydrogen) atoms. The summed E-state index contributed by atoms with van der Waals surface area (Å²) in [7, 11) is 0. The van der Waals surface area contributed by atoms with Gasteiger partial charge in [-0.3, -0.25) is 4.79 Å². The lowest BCUT2D eigenvalue weighted by Crippen LogP contribution is -2.12. The number of anilines is 1. The highest BCUT2D eigenvalue weighted by Crippen LogP contribution is 2.26. The smallest absolute Gasteiger partial charge is 0.255 e. The molecule has 0 atom stereocenters. The number of halogens is 2. The Hall–Kier alpha value is -2.15. The number of nitrogens with one attached hydrogen (secondary N) is 1. The van der Waals surface area contributed by atoms with E-state index < -0.39 is 0 Å². The Morgan fingerprint density at radius 3 is 2.80 bits per heavy atom. The molecule has 0 fully saturated rings. The average Bonchev–Trinajstić information content (AvgIpc) is 3.01. The summed E-state index contributed by atoms with van der Waals surface area (Å²) in [6.45, 7) is 2.17. The van der Waals surface area contributed by atoms with Crippen molar-refractivity contribution in [2.45, 2.75) is 13.5 Å². The van der Waals surface area contributed by atoms with Gasteiger partial charge in [0.1, 0.15) is 18.1 Å². The molecule has 0 saturated heterocycles. The molecule has 5 nitrogen and oxygen atoms in total. The van der Waals surface area contributed by atoms with Gasteiger partial charge in [0, 0.05) is 10.6 Å². The molecule has 0 unspecified atom stereocenters. The first-order valence-corrected chi connectivity index (χ1v) is 8.79. The molecule has 0 spiro atoms. The minimum atomic E-state index is -0.305. The number of carbonyl (C=O) groups is 1. The zero-order valence-corrected chi connectivity index (χ0v) is 15.5. The lowest BCUT2D eigenvalue weighted by molar-refractivity contribution is 0.102. The van der Waals surface area contributed by atoms with Gasteiger partial charge in [-0.1, -0.05) is 29.3 Å². The van der Waals surface area contributed by atoms with Crippen molar-refractivity contribution in [2.75, 3.05) is 5.32 Å². The molecule has 0 aliphatic rings. The number of aromatic nitrogens is 2. The van der Waals surface area contributed by atoms with Crippen molar-refractivity contribution in [2.24, 2.45) is 0 Å². The molecule has 1 aromatic heterocycles. The van der Waals surface area contributed by atoms with Gasteiger partial charge < -0.3 is 10.1 Å². The van der Waals surface area contributed by atoms with Crippen LogP contribution in [0.5, 0.6) is 5.75 Å². The number of rotatable bonds is 5. The maximum Gasteiger partial charge on any atom is 0.255 e. The van der Waals surface area contributed by atoms with Crippen LogP contribution in [0.1, 0.15) is 21.7 Å². The maximum atomic E-state index is 12.4. The van der Waals surface area contributed by atoms with E-state index in [4.69, 9.17) is 27.9 Å². The summed E-state index contributed by atoms with van der Waals surface area (Å²) in [5.41, 5.74) is 2.52. The van der Waals surface area contributed by atoms with Crippen LogP contribution >= 0.6 is 34.9 Å². The summed E-state index contributed by atoms with van der Waals surface area (Å²) in [5, 5.41) is 3.65. The second-order valence-electron chi connectivity index (χ2n) is 5.19. The van der Waals surface area contributed by atoms with Crippen molar-refractivity contribution in [3.63, 3.8) is 0 Å². The van der Waals surface area contributed by atoms with Gasteiger partial charge >= 0.3 is 0 Å². The number of hydrogen-bond donors (Lipinski definition) is 1. The number of carbonyl (C=O) groups excluding carboxylic acids is 1. The number of nitrogens with zero attached hydrogens (tertiary/aromatic N) is 2. The summed E-state index contributed by atoms with van der Waals surface area (Å²) in [6.07, 6.45) is 0. The fraction of sp³-hybridized carbons (Fsp3) is 0.118. The average molecular weight is 394 g/mol. The molecular formula is C17H13Cl2N3O2S. The molecule has 128 valence electrons. The van der Waals surface area contributed by atoms with Crippen molar-refractivity contribution in [3.05, 3.63) is 69.5 Å². The zero-order valence-electron chi connectivity index (χ0n) is 13.1. The Labute approximate surface area is 158 Å². The number of ether oxygens (including phenoxy) is 1. The van der Waals surface area contributed by atoms with E-state index in [1.54, 1.807) is 42.5 Å². The molecular weight excluding hydrogens is 381 g/mol. The summed E-state index contributed by atoms with van der Waals surface area (Å²) in [5.74, 6) is 0.262. The summed E-state index contributed by atoms with van der Waals surface area (Å²) < 4.78 is 14.0. The second kappa shape index (κ2) is 7.82. The van der Waals surface area contributed by atoms with E-state index in [0.29, 0.717) is 33.7 Å². The van der Waals surface area contributed by atoms with Crippen LogP contribution in [0.4, 0.5) is 5.69 Å². The monoisotopic (exact) mass is 393 g/mol. The third-order valence-electron chi connectivity index (χ3n) is 3.39. The van der Waals surface area contributed by atoms with Crippen LogP contribution in [0, 0.1) is 6.92 Å².